The van der Waals surface area contributed by atoms with Gasteiger partial charge < -0.3 is 0 Å². The van der Waals surface area contributed by atoms with Gasteiger partial charge in [0.25, 0.3) is 5.95 Å². The molecule has 0 aliphatic rings. The Hall–Kier alpha value is -3.15. The molecule has 3 rings (SSSR count). The molecule has 3 aromatic rings. The molecule has 0 amide bonds. The molecule has 1 N–H and O–H groups in total. The summed E-state index contributed by atoms with van der Waals surface area (Å²) in [5.41, 5.74) is 6.76. The van der Waals surface area contributed by atoms with Crippen LogP contribution in [0.5, 0.6) is 0 Å². The molecule has 0 radical (unpaired) electrons. The van der Waals surface area contributed by atoms with Crippen LogP contribution in [0.25, 0.3) is 11.3 Å². The van der Waals surface area contributed by atoms with Crippen LogP contribution in [0.2, 0.25) is 0 Å². The monoisotopic (exact) mass is 332 g/mol. The predicted molar refractivity (Wildman–Crippen MR) is 99.3 cm³/mol. The summed E-state index contributed by atoms with van der Waals surface area (Å²) in [5, 5.41) is 12.1. The van der Waals surface area contributed by atoms with Gasteiger partial charge in [0.2, 0.25) is 0 Å². The van der Waals surface area contributed by atoms with Crippen LogP contribution in [0.1, 0.15) is 25.0 Å². The number of pyridine rings is 1. The van der Waals surface area contributed by atoms with Crippen molar-refractivity contribution in [3.63, 3.8) is 0 Å². The van der Waals surface area contributed by atoms with Gasteiger partial charge in [-0.1, -0.05) is 44.2 Å². The molecule has 0 saturated heterocycles. The number of rotatable bonds is 6. The summed E-state index contributed by atoms with van der Waals surface area (Å²) in [6.45, 7) is 4.43. The van der Waals surface area contributed by atoms with Crippen molar-refractivity contribution in [2.75, 3.05) is 5.43 Å². The van der Waals surface area contributed by atoms with E-state index in [9.17, 15) is 0 Å². The van der Waals surface area contributed by atoms with Crippen molar-refractivity contribution >= 4 is 12.2 Å². The van der Waals surface area contributed by atoms with Crippen LogP contribution >= 0.6 is 0 Å². The fourth-order valence-corrected chi connectivity index (χ4v) is 2.39. The lowest BCUT2D eigenvalue weighted by Crippen LogP contribution is -2.00. The SMILES string of the molecule is CC(C)Cc1ccc(-c2cnnc(N/N=C/c3cccnc3)n2)cc1. The van der Waals surface area contributed by atoms with Crippen molar-refractivity contribution in [2.45, 2.75) is 20.3 Å². The Bertz CT molecular complexity index is 828. The van der Waals surface area contributed by atoms with Gasteiger partial charge in [-0.05, 0) is 24.0 Å². The Morgan fingerprint density at radius 2 is 1.96 bits per heavy atom. The van der Waals surface area contributed by atoms with Gasteiger partial charge in [0, 0.05) is 23.5 Å². The summed E-state index contributed by atoms with van der Waals surface area (Å²) in [5.74, 6) is 0.990. The van der Waals surface area contributed by atoms with E-state index in [0.29, 0.717) is 11.9 Å². The third-order valence-electron chi connectivity index (χ3n) is 3.52. The Morgan fingerprint density at radius 3 is 2.68 bits per heavy atom. The van der Waals surface area contributed by atoms with Crippen LogP contribution in [-0.4, -0.2) is 26.4 Å². The summed E-state index contributed by atoms with van der Waals surface area (Å²) in [6, 6.07) is 12.1. The molecule has 0 bridgehead atoms. The normalized spacial score (nSPS) is 11.2. The molecule has 0 aliphatic carbocycles. The number of hydrogen-bond donors (Lipinski definition) is 1. The van der Waals surface area contributed by atoms with Gasteiger partial charge in [0.05, 0.1) is 18.1 Å². The zero-order chi connectivity index (χ0) is 17.5. The second-order valence-corrected chi connectivity index (χ2v) is 6.12. The highest BCUT2D eigenvalue weighted by Crippen LogP contribution is 2.18. The largest absolute Gasteiger partial charge is 0.264 e. The van der Waals surface area contributed by atoms with Gasteiger partial charge in [-0.3, -0.25) is 4.98 Å². The van der Waals surface area contributed by atoms with Crippen molar-refractivity contribution < 1.29 is 0 Å². The van der Waals surface area contributed by atoms with Gasteiger partial charge in [0.1, 0.15) is 0 Å². The molecule has 0 fully saturated rings. The molecule has 0 aliphatic heterocycles. The maximum Gasteiger partial charge on any atom is 0.263 e. The van der Waals surface area contributed by atoms with E-state index in [-0.39, 0.29) is 0 Å². The summed E-state index contributed by atoms with van der Waals surface area (Å²) in [6.07, 6.45) is 7.81. The van der Waals surface area contributed by atoms with Crippen LogP contribution in [-0.2, 0) is 6.42 Å². The summed E-state index contributed by atoms with van der Waals surface area (Å²) in [7, 11) is 0. The number of hydrazone groups is 1. The highest BCUT2D eigenvalue weighted by molar-refractivity contribution is 5.79. The van der Waals surface area contributed by atoms with Gasteiger partial charge in [-0.15, -0.1) is 5.10 Å². The van der Waals surface area contributed by atoms with Crippen LogP contribution < -0.4 is 5.43 Å². The zero-order valence-electron chi connectivity index (χ0n) is 14.3. The first kappa shape index (κ1) is 16.7. The second kappa shape index (κ2) is 8.10. The Kier molecular flexibility index (Phi) is 5.41. The summed E-state index contributed by atoms with van der Waals surface area (Å²) < 4.78 is 0. The number of nitrogens with one attached hydrogen (secondary N) is 1. The third kappa shape index (κ3) is 4.91. The van der Waals surface area contributed by atoms with E-state index >= 15 is 0 Å². The second-order valence-electron chi connectivity index (χ2n) is 6.12. The fraction of sp³-hybridized carbons (Fsp3) is 0.211. The van der Waals surface area contributed by atoms with Gasteiger partial charge in [0.15, 0.2) is 0 Å². The van der Waals surface area contributed by atoms with Gasteiger partial charge in [-0.25, -0.2) is 10.4 Å². The molecule has 126 valence electrons. The summed E-state index contributed by atoms with van der Waals surface area (Å²) >= 11 is 0. The van der Waals surface area contributed by atoms with E-state index in [4.69, 9.17) is 0 Å². The molecule has 25 heavy (non-hydrogen) atoms. The smallest absolute Gasteiger partial charge is 0.263 e. The van der Waals surface area contributed by atoms with E-state index in [0.717, 1.165) is 23.2 Å². The predicted octanol–water partition coefficient (Wildman–Crippen LogP) is 3.58. The topological polar surface area (TPSA) is 76.0 Å². The molecule has 0 saturated carbocycles. The Labute approximate surface area is 147 Å². The highest BCUT2D eigenvalue weighted by Gasteiger charge is 2.04. The standard InChI is InChI=1S/C19H20N6/c1-14(2)10-15-5-7-17(8-6-15)18-13-22-25-19(23-18)24-21-12-16-4-3-9-20-11-16/h3-9,11-14H,10H2,1-2H3,(H,23,24,25)/b21-12+. The van der Waals surface area contributed by atoms with Gasteiger partial charge >= 0.3 is 0 Å². The molecule has 6 nitrogen and oxygen atoms in total. The van der Waals surface area contributed by atoms with Gasteiger partial charge in [-0.2, -0.15) is 10.2 Å². The lowest BCUT2D eigenvalue weighted by atomic mass is 10.0. The van der Waals surface area contributed by atoms with Crippen molar-refractivity contribution in [3.8, 4) is 11.3 Å². The molecule has 6 heteroatoms. The molecule has 1 aromatic carbocycles. The van der Waals surface area contributed by atoms with Crippen molar-refractivity contribution in [1.82, 2.24) is 20.2 Å². The lowest BCUT2D eigenvalue weighted by Gasteiger charge is -2.06. The number of aromatic nitrogens is 4. The van der Waals surface area contributed by atoms with Crippen molar-refractivity contribution in [2.24, 2.45) is 11.0 Å². The van der Waals surface area contributed by atoms with E-state index in [2.05, 4.69) is 68.8 Å². The van der Waals surface area contributed by atoms with Crippen LogP contribution in [0.15, 0.2) is 60.1 Å². The lowest BCUT2D eigenvalue weighted by molar-refractivity contribution is 0.647. The van der Waals surface area contributed by atoms with Crippen LogP contribution in [0.3, 0.4) is 0 Å². The average molecular weight is 332 g/mol. The molecule has 2 heterocycles. The average Bonchev–Trinajstić information content (AvgIpc) is 2.63. The summed E-state index contributed by atoms with van der Waals surface area (Å²) in [4.78, 5) is 8.48. The maximum atomic E-state index is 4.45. The van der Waals surface area contributed by atoms with Crippen molar-refractivity contribution in [3.05, 3.63) is 66.1 Å². The fourth-order valence-electron chi connectivity index (χ4n) is 2.39. The highest BCUT2D eigenvalue weighted by atomic mass is 15.4. The minimum Gasteiger partial charge on any atom is -0.264 e. The first-order valence-electron chi connectivity index (χ1n) is 8.19. The Morgan fingerprint density at radius 1 is 1.12 bits per heavy atom. The van der Waals surface area contributed by atoms with Crippen LogP contribution in [0.4, 0.5) is 5.95 Å². The molecular formula is C19H20N6. The van der Waals surface area contributed by atoms with E-state index in [1.54, 1.807) is 24.8 Å². The maximum absolute atomic E-state index is 4.45. The third-order valence-corrected chi connectivity index (χ3v) is 3.52. The number of nitrogens with zero attached hydrogens (tertiary/aromatic N) is 5. The van der Waals surface area contributed by atoms with Crippen molar-refractivity contribution in [1.29, 1.82) is 0 Å². The quantitative estimate of drug-likeness (QED) is 0.551. The molecule has 0 unspecified atom stereocenters. The Balaban J connectivity index is 1.70. The van der Waals surface area contributed by atoms with E-state index in [1.807, 2.05) is 12.1 Å². The first-order valence-corrected chi connectivity index (χ1v) is 8.19. The number of anilines is 1. The van der Waals surface area contributed by atoms with E-state index < -0.39 is 0 Å². The minimum absolute atomic E-state index is 0.351. The van der Waals surface area contributed by atoms with E-state index in [1.165, 1.54) is 5.56 Å². The number of benzene rings is 1. The molecule has 2 aromatic heterocycles. The first-order chi connectivity index (χ1) is 12.2. The van der Waals surface area contributed by atoms with Crippen LogP contribution in [0, 0.1) is 5.92 Å². The molecule has 0 atom stereocenters. The zero-order valence-corrected chi connectivity index (χ0v) is 14.3. The number of hydrogen-bond acceptors (Lipinski definition) is 6. The minimum atomic E-state index is 0.351. The molecular weight excluding hydrogens is 312 g/mol. The molecule has 0 spiro atoms.